The second-order valence-corrected chi connectivity index (χ2v) is 5.10. The summed E-state index contributed by atoms with van der Waals surface area (Å²) in [4.78, 5) is 36.4. The van der Waals surface area contributed by atoms with Crippen LogP contribution in [0.1, 0.15) is 15.9 Å². The number of esters is 1. The Hall–Kier alpha value is -3.28. The summed E-state index contributed by atoms with van der Waals surface area (Å²) in [6.45, 7) is -0.00747. The monoisotopic (exact) mass is 325 g/mol. The summed E-state index contributed by atoms with van der Waals surface area (Å²) in [5.74, 6) is -1.90. The second kappa shape index (κ2) is 6.45. The van der Waals surface area contributed by atoms with E-state index in [4.69, 9.17) is 4.74 Å². The van der Waals surface area contributed by atoms with Crippen LogP contribution >= 0.6 is 0 Å². The number of benzene rings is 2. The lowest BCUT2D eigenvalue weighted by molar-refractivity contribution is -0.119. The van der Waals surface area contributed by atoms with Gasteiger partial charge in [0.1, 0.15) is 12.4 Å². The number of nitrogens with zero attached hydrogens (tertiary/aromatic N) is 1. The fourth-order valence-corrected chi connectivity index (χ4v) is 2.24. The van der Waals surface area contributed by atoms with Crippen LogP contribution in [0.3, 0.4) is 0 Å². The first-order chi connectivity index (χ1) is 11.5. The molecule has 24 heavy (non-hydrogen) atoms. The molecule has 2 aromatic rings. The number of imide groups is 1. The van der Waals surface area contributed by atoms with Gasteiger partial charge in [-0.3, -0.25) is 9.59 Å². The molecule has 0 bridgehead atoms. The van der Waals surface area contributed by atoms with Gasteiger partial charge in [0.2, 0.25) is 0 Å². The van der Waals surface area contributed by atoms with Gasteiger partial charge in [-0.05, 0) is 35.9 Å². The lowest BCUT2D eigenvalue weighted by Gasteiger charge is -2.14. The Morgan fingerprint density at radius 1 is 1.00 bits per heavy atom. The van der Waals surface area contributed by atoms with Crippen molar-refractivity contribution in [3.05, 3.63) is 77.6 Å². The molecule has 6 heteroatoms. The number of halogens is 1. The molecule has 1 heterocycles. The molecule has 1 aliphatic rings. The van der Waals surface area contributed by atoms with Crippen LogP contribution in [-0.2, 0) is 20.9 Å². The van der Waals surface area contributed by atoms with Gasteiger partial charge in [0.15, 0.2) is 0 Å². The summed E-state index contributed by atoms with van der Waals surface area (Å²) in [5.41, 5.74) is 1.16. The van der Waals surface area contributed by atoms with Gasteiger partial charge in [-0.25, -0.2) is 14.1 Å². The van der Waals surface area contributed by atoms with Crippen molar-refractivity contribution in [3.8, 4) is 0 Å². The van der Waals surface area contributed by atoms with E-state index in [1.165, 1.54) is 48.6 Å². The Kier molecular flexibility index (Phi) is 4.20. The molecule has 0 spiro atoms. The first-order valence-electron chi connectivity index (χ1n) is 7.12. The average Bonchev–Trinajstić information content (AvgIpc) is 2.93. The van der Waals surface area contributed by atoms with Crippen LogP contribution < -0.4 is 4.90 Å². The SMILES string of the molecule is O=C(OCc1ccc(F)cc1)c1cccc(N2C(=O)C=CC2=O)c1. The number of hydrogen-bond donors (Lipinski definition) is 0. The predicted octanol–water partition coefficient (Wildman–Crippen LogP) is 2.61. The zero-order chi connectivity index (χ0) is 17.1. The zero-order valence-electron chi connectivity index (χ0n) is 12.4. The largest absolute Gasteiger partial charge is 0.457 e. The number of amides is 2. The van der Waals surface area contributed by atoms with Crippen molar-refractivity contribution in [2.24, 2.45) is 0 Å². The van der Waals surface area contributed by atoms with Crippen LogP contribution in [-0.4, -0.2) is 17.8 Å². The van der Waals surface area contributed by atoms with Gasteiger partial charge >= 0.3 is 5.97 Å². The molecular formula is C18H12FNO4. The summed E-state index contributed by atoms with van der Waals surface area (Å²) in [6.07, 6.45) is 2.34. The fourth-order valence-electron chi connectivity index (χ4n) is 2.24. The van der Waals surface area contributed by atoms with Gasteiger partial charge in [-0.15, -0.1) is 0 Å². The molecule has 2 amide bonds. The van der Waals surface area contributed by atoms with Crippen LogP contribution in [0.4, 0.5) is 10.1 Å². The van der Waals surface area contributed by atoms with Gasteiger partial charge in [0.05, 0.1) is 11.3 Å². The summed E-state index contributed by atoms with van der Waals surface area (Å²) in [6, 6.07) is 11.6. The molecule has 0 saturated heterocycles. The van der Waals surface area contributed by atoms with E-state index < -0.39 is 17.8 Å². The highest BCUT2D eigenvalue weighted by Crippen LogP contribution is 2.21. The minimum Gasteiger partial charge on any atom is -0.457 e. The van der Waals surface area contributed by atoms with E-state index in [2.05, 4.69) is 0 Å². The number of ether oxygens (including phenoxy) is 1. The average molecular weight is 325 g/mol. The lowest BCUT2D eigenvalue weighted by atomic mass is 10.2. The van der Waals surface area contributed by atoms with Crippen molar-refractivity contribution < 1.29 is 23.5 Å². The van der Waals surface area contributed by atoms with Crippen molar-refractivity contribution in [1.29, 1.82) is 0 Å². The van der Waals surface area contributed by atoms with Crippen LogP contribution in [0.5, 0.6) is 0 Å². The van der Waals surface area contributed by atoms with Crippen LogP contribution in [0.25, 0.3) is 0 Å². The standard InChI is InChI=1S/C18H12FNO4/c19-14-6-4-12(5-7-14)11-24-18(23)13-2-1-3-15(10-13)20-16(21)8-9-17(20)22/h1-10H,11H2. The molecule has 0 atom stereocenters. The van der Waals surface area contributed by atoms with Crippen molar-refractivity contribution >= 4 is 23.5 Å². The molecule has 5 nitrogen and oxygen atoms in total. The first-order valence-corrected chi connectivity index (χ1v) is 7.12. The molecule has 1 aliphatic heterocycles. The van der Waals surface area contributed by atoms with E-state index in [1.807, 2.05) is 0 Å². The molecule has 0 unspecified atom stereocenters. The maximum absolute atomic E-state index is 12.8. The topological polar surface area (TPSA) is 63.7 Å². The minimum absolute atomic E-state index is 0.00747. The van der Waals surface area contributed by atoms with Gasteiger partial charge in [0.25, 0.3) is 11.8 Å². The number of hydrogen-bond acceptors (Lipinski definition) is 4. The number of anilines is 1. The smallest absolute Gasteiger partial charge is 0.338 e. The fraction of sp³-hybridized carbons (Fsp3) is 0.0556. The molecule has 0 N–H and O–H groups in total. The summed E-state index contributed by atoms with van der Waals surface area (Å²) < 4.78 is 18.0. The number of carbonyl (C=O) groups excluding carboxylic acids is 3. The van der Waals surface area contributed by atoms with Crippen molar-refractivity contribution in [1.82, 2.24) is 0 Å². The first kappa shape index (κ1) is 15.6. The maximum atomic E-state index is 12.8. The normalized spacial score (nSPS) is 13.5. The van der Waals surface area contributed by atoms with Crippen LogP contribution in [0, 0.1) is 5.82 Å². The van der Waals surface area contributed by atoms with E-state index in [-0.39, 0.29) is 18.0 Å². The highest BCUT2D eigenvalue weighted by molar-refractivity contribution is 6.28. The Morgan fingerprint density at radius 2 is 1.67 bits per heavy atom. The summed E-state index contributed by atoms with van der Waals surface area (Å²) >= 11 is 0. The highest BCUT2D eigenvalue weighted by atomic mass is 19.1. The van der Waals surface area contributed by atoms with E-state index in [0.717, 1.165) is 4.90 Å². The molecule has 0 radical (unpaired) electrons. The Morgan fingerprint density at radius 3 is 2.33 bits per heavy atom. The lowest BCUT2D eigenvalue weighted by Crippen LogP contribution is -2.29. The predicted molar refractivity (Wildman–Crippen MR) is 83.6 cm³/mol. The second-order valence-electron chi connectivity index (χ2n) is 5.10. The van der Waals surface area contributed by atoms with E-state index in [1.54, 1.807) is 12.1 Å². The Balaban J connectivity index is 1.71. The summed E-state index contributed by atoms with van der Waals surface area (Å²) in [5, 5.41) is 0. The minimum atomic E-state index is -0.603. The molecule has 0 saturated carbocycles. The van der Waals surface area contributed by atoms with Crippen LogP contribution in [0.2, 0.25) is 0 Å². The molecule has 3 rings (SSSR count). The molecular weight excluding hydrogens is 313 g/mol. The maximum Gasteiger partial charge on any atom is 0.338 e. The van der Waals surface area contributed by atoms with Gasteiger partial charge in [-0.1, -0.05) is 18.2 Å². The van der Waals surface area contributed by atoms with Crippen molar-refractivity contribution in [2.75, 3.05) is 4.90 Å². The number of rotatable bonds is 4. The summed E-state index contributed by atoms with van der Waals surface area (Å²) in [7, 11) is 0. The van der Waals surface area contributed by atoms with E-state index in [9.17, 15) is 18.8 Å². The van der Waals surface area contributed by atoms with E-state index >= 15 is 0 Å². The van der Waals surface area contributed by atoms with Gasteiger partial charge < -0.3 is 4.74 Å². The van der Waals surface area contributed by atoms with Crippen molar-refractivity contribution in [2.45, 2.75) is 6.61 Å². The van der Waals surface area contributed by atoms with Crippen LogP contribution in [0.15, 0.2) is 60.7 Å². The zero-order valence-corrected chi connectivity index (χ0v) is 12.4. The molecule has 0 aliphatic carbocycles. The molecule has 120 valence electrons. The molecule has 0 aromatic heterocycles. The van der Waals surface area contributed by atoms with Gasteiger partial charge in [-0.2, -0.15) is 0 Å². The Bertz CT molecular complexity index is 824. The third-order valence-electron chi connectivity index (χ3n) is 3.43. The molecule has 0 fully saturated rings. The van der Waals surface area contributed by atoms with E-state index in [0.29, 0.717) is 11.3 Å². The van der Waals surface area contributed by atoms with Gasteiger partial charge in [0, 0.05) is 12.2 Å². The highest BCUT2D eigenvalue weighted by Gasteiger charge is 2.25. The molecule has 2 aromatic carbocycles. The number of carbonyl (C=O) groups is 3. The Labute approximate surface area is 137 Å². The quantitative estimate of drug-likeness (QED) is 0.640. The third-order valence-corrected chi connectivity index (χ3v) is 3.43. The third kappa shape index (κ3) is 3.22. The van der Waals surface area contributed by atoms with Crippen molar-refractivity contribution in [3.63, 3.8) is 0 Å².